The highest BCUT2D eigenvalue weighted by atomic mass is 19.4. The van der Waals surface area contributed by atoms with Crippen LogP contribution in [0.3, 0.4) is 0 Å². The molecule has 0 aliphatic heterocycles. The first-order valence-corrected chi connectivity index (χ1v) is 8.13. The van der Waals surface area contributed by atoms with Gasteiger partial charge in [0.2, 0.25) is 0 Å². The maximum atomic E-state index is 12.6. The fourth-order valence-electron chi connectivity index (χ4n) is 2.44. The van der Waals surface area contributed by atoms with Gasteiger partial charge >= 0.3 is 6.18 Å². The molecule has 0 unspecified atom stereocenters. The molecule has 144 valence electrons. The third-order valence-electron chi connectivity index (χ3n) is 3.76. The van der Waals surface area contributed by atoms with Crippen molar-refractivity contribution in [3.63, 3.8) is 0 Å². The van der Waals surface area contributed by atoms with E-state index in [1.807, 2.05) is 6.07 Å². The fraction of sp³-hybridized carbons (Fsp3) is 0.222. The first-order chi connectivity index (χ1) is 13.3. The molecule has 2 heterocycles. The Morgan fingerprint density at radius 2 is 1.93 bits per heavy atom. The molecular formula is C18H15F3N6O. The van der Waals surface area contributed by atoms with E-state index in [0.29, 0.717) is 17.0 Å². The van der Waals surface area contributed by atoms with Gasteiger partial charge in [-0.1, -0.05) is 0 Å². The number of hydrogen-bond donors (Lipinski definition) is 1. The Bertz CT molecular complexity index is 1020. The molecule has 3 rings (SSSR count). The van der Waals surface area contributed by atoms with Crippen LogP contribution in [0.1, 0.15) is 16.8 Å². The zero-order valence-corrected chi connectivity index (χ0v) is 14.7. The van der Waals surface area contributed by atoms with Crippen molar-refractivity contribution in [1.29, 1.82) is 5.26 Å². The molecule has 2 N–H and O–H groups in total. The number of nitriles is 1. The molecule has 0 aliphatic rings. The first-order valence-electron chi connectivity index (χ1n) is 8.13. The number of nitrogens with zero attached hydrogens (tertiary/aromatic N) is 5. The van der Waals surface area contributed by atoms with Crippen molar-refractivity contribution in [2.45, 2.75) is 26.2 Å². The maximum absolute atomic E-state index is 12.6. The summed E-state index contributed by atoms with van der Waals surface area (Å²) in [6.45, 7) is 0.586. The summed E-state index contributed by atoms with van der Waals surface area (Å²) in [5.74, 6) is 0.699. The monoisotopic (exact) mass is 388 g/mol. The van der Waals surface area contributed by atoms with E-state index < -0.39 is 12.7 Å². The standard InChI is InChI=1S/C18H15F3N6O/c1-11-16(9-27(26-11)10-18(19,20)21)28-15-4-12(5-22)2-3-14(15)17-24-7-13(6-23)8-25-17/h2-4,7-9H,6,10,23H2,1H3. The van der Waals surface area contributed by atoms with Crippen LogP contribution in [0, 0.1) is 18.3 Å². The summed E-state index contributed by atoms with van der Waals surface area (Å²) in [5.41, 5.74) is 7.35. The van der Waals surface area contributed by atoms with Gasteiger partial charge in [0.1, 0.15) is 18.0 Å². The molecule has 2 aromatic heterocycles. The predicted octanol–water partition coefficient (Wildman–Crippen LogP) is 3.33. The van der Waals surface area contributed by atoms with Crippen molar-refractivity contribution >= 4 is 0 Å². The molecule has 0 amide bonds. The molecule has 0 saturated carbocycles. The summed E-state index contributed by atoms with van der Waals surface area (Å²) < 4.78 is 44.3. The molecule has 0 aliphatic carbocycles. The number of nitrogens with two attached hydrogens (primary N) is 1. The lowest BCUT2D eigenvalue weighted by molar-refractivity contribution is -0.142. The van der Waals surface area contributed by atoms with Gasteiger partial charge in [-0.25, -0.2) is 9.97 Å². The zero-order valence-electron chi connectivity index (χ0n) is 14.7. The topological polar surface area (TPSA) is 103 Å². The van der Waals surface area contributed by atoms with Gasteiger partial charge in [-0.2, -0.15) is 23.5 Å². The average Bonchev–Trinajstić information content (AvgIpc) is 2.98. The predicted molar refractivity (Wildman–Crippen MR) is 93.2 cm³/mol. The van der Waals surface area contributed by atoms with Crippen LogP contribution in [0.5, 0.6) is 11.5 Å². The van der Waals surface area contributed by atoms with Crippen molar-refractivity contribution in [2.24, 2.45) is 5.73 Å². The van der Waals surface area contributed by atoms with Crippen LogP contribution >= 0.6 is 0 Å². The van der Waals surface area contributed by atoms with Crippen molar-refractivity contribution < 1.29 is 17.9 Å². The minimum Gasteiger partial charge on any atom is -0.453 e. The number of halogens is 3. The largest absolute Gasteiger partial charge is 0.453 e. The third-order valence-corrected chi connectivity index (χ3v) is 3.76. The third kappa shape index (κ3) is 4.44. The smallest absolute Gasteiger partial charge is 0.408 e. The highest BCUT2D eigenvalue weighted by Crippen LogP contribution is 2.34. The lowest BCUT2D eigenvalue weighted by atomic mass is 10.1. The second-order valence-electron chi connectivity index (χ2n) is 5.94. The number of benzene rings is 1. The number of ether oxygens (including phenoxy) is 1. The minimum atomic E-state index is -4.40. The Hall–Kier alpha value is -3.45. The Labute approximate surface area is 158 Å². The van der Waals surface area contributed by atoms with Gasteiger partial charge in [0.15, 0.2) is 11.6 Å². The molecule has 7 nitrogen and oxygen atoms in total. The molecule has 0 radical (unpaired) electrons. The van der Waals surface area contributed by atoms with Crippen molar-refractivity contribution in [1.82, 2.24) is 19.7 Å². The second-order valence-corrected chi connectivity index (χ2v) is 5.94. The van der Waals surface area contributed by atoms with Crippen LogP contribution in [-0.4, -0.2) is 25.9 Å². The highest BCUT2D eigenvalue weighted by molar-refractivity contribution is 5.66. The van der Waals surface area contributed by atoms with E-state index in [-0.39, 0.29) is 23.7 Å². The van der Waals surface area contributed by atoms with Crippen LogP contribution in [0.2, 0.25) is 0 Å². The number of alkyl halides is 3. The van der Waals surface area contributed by atoms with Gasteiger partial charge in [-0.3, -0.25) is 4.68 Å². The van der Waals surface area contributed by atoms with Crippen LogP contribution in [0.4, 0.5) is 13.2 Å². The first kappa shape index (κ1) is 19.3. The van der Waals surface area contributed by atoms with Crippen LogP contribution in [-0.2, 0) is 13.1 Å². The summed E-state index contributed by atoms with van der Waals surface area (Å²) >= 11 is 0. The van der Waals surface area contributed by atoms with E-state index in [9.17, 15) is 13.2 Å². The Morgan fingerprint density at radius 1 is 1.21 bits per heavy atom. The lowest BCUT2D eigenvalue weighted by Crippen LogP contribution is -2.17. The quantitative estimate of drug-likeness (QED) is 0.719. The van der Waals surface area contributed by atoms with Gasteiger partial charge in [0.05, 0.1) is 23.4 Å². The van der Waals surface area contributed by atoms with Gasteiger partial charge in [0, 0.05) is 24.5 Å². The molecule has 0 saturated heterocycles. The summed E-state index contributed by atoms with van der Waals surface area (Å²) in [5, 5.41) is 13.0. The molecule has 28 heavy (non-hydrogen) atoms. The minimum absolute atomic E-state index is 0.138. The van der Waals surface area contributed by atoms with Crippen LogP contribution in [0.15, 0.2) is 36.8 Å². The fourth-order valence-corrected chi connectivity index (χ4v) is 2.44. The lowest BCUT2D eigenvalue weighted by Gasteiger charge is -2.10. The molecule has 0 bridgehead atoms. The summed E-state index contributed by atoms with van der Waals surface area (Å²) in [6, 6.07) is 6.65. The summed E-state index contributed by atoms with van der Waals surface area (Å²) in [6.07, 6.45) is -0.113. The molecule has 1 aromatic carbocycles. The second kappa shape index (κ2) is 7.66. The van der Waals surface area contributed by atoms with Gasteiger partial charge in [-0.15, -0.1) is 0 Å². The number of rotatable bonds is 5. The SMILES string of the molecule is Cc1nn(CC(F)(F)F)cc1Oc1cc(C#N)ccc1-c1ncc(CN)cn1. The number of hydrogen-bond acceptors (Lipinski definition) is 6. The summed E-state index contributed by atoms with van der Waals surface area (Å²) in [4.78, 5) is 8.46. The zero-order chi connectivity index (χ0) is 20.3. The van der Waals surface area contributed by atoms with Crippen molar-refractivity contribution in [3.8, 4) is 29.0 Å². The van der Waals surface area contributed by atoms with E-state index in [2.05, 4.69) is 15.1 Å². The van der Waals surface area contributed by atoms with Gasteiger partial charge < -0.3 is 10.5 Å². The van der Waals surface area contributed by atoms with E-state index in [0.717, 1.165) is 16.4 Å². The number of aryl methyl sites for hydroxylation is 1. The van der Waals surface area contributed by atoms with Crippen molar-refractivity contribution in [2.75, 3.05) is 0 Å². The molecule has 0 fully saturated rings. The normalized spacial score (nSPS) is 11.3. The molecular weight excluding hydrogens is 373 g/mol. The van der Waals surface area contributed by atoms with E-state index in [1.165, 1.54) is 13.0 Å². The van der Waals surface area contributed by atoms with E-state index in [4.69, 9.17) is 15.7 Å². The Kier molecular flexibility index (Phi) is 5.28. The average molecular weight is 388 g/mol. The van der Waals surface area contributed by atoms with Crippen molar-refractivity contribution in [3.05, 3.63) is 53.6 Å². The van der Waals surface area contributed by atoms with Gasteiger partial charge in [-0.05, 0) is 25.1 Å². The Morgan fingerprint density at radius 3 is 2.54 bits per heavy atom. The van der Waals surface area contributed by atoms with Crippen LogP contribution in [0.25, 0.3) is 11.4 Å². The number of aromatic nitrogens is 4. The molecule has 0 spiro atoms. The molecule has 0 atom stereocenters. The van der Waals surface area contributed by atoms with Crippen LogP contribution < -0.4 is 10.5 Å². The van der Waals surface area contributed by atoms with E-state index >= 15 is 0 Å². The Balaban J connectivity index is 1.98. The highest BCUT2D eigenvalue weighted by Gasteiger charge is 2.29. The van der Waals surface area contributed by atoms with Gasteiger partial charge in [0.25, 0.3) is 0 Å². The molecule has 10 heteroatoms. The summed E-state index contributed by atoms with van der Waals surface area (Å²) in [7, 11) is 0. The molecule has 3 aromatic rings. The van der Waals surface area contributed by atoms with E-state index in [1.54, 1.807) is 24.5 Å². The maximum Gasteiger partial charge on any atom is 0.408 e.